The normalized spacial score (nSPS) is 9.90. The molecular weight excluding hydrogens is 269 g/mol. The Kier molecular flexibility index (Phi) is 2.36. The van der Waals surface area contributed by atoms with Gasteiger partial charge in [-0.05, 0) is 34.7 Å². The summed E-state index contributed by atoms with van der Waals surface area (Å²) in [6.45, 7) is 0. The average molecular weight is 272 g/mol. The molecule has 54 valence electrons. The fourth-order valence-electron chi connectivity index (χ4n) is 0.516. The molecule has 0 unspecified atom stereocenters. The van der Waals surface area contributed by atoms with Gasteiger partial charge in [-0.25, -0.2) is 4.39 Å². The number of phenolic OH excluding ortho intramolecular Hbond substituents is 1. The Balaban J connectivity index is 3.34. The maximum absolute atomic E-state index is 12.4. The fraction of sp³-hybridized carbons (Fsp3) is 0. The molecule has 0 aliphatic rings. The smallest absolute Gasteiger partial charge is 0.166 e. The minimum atomic E-state index is -0.645. The van der Waals surface area contributed by atoms with Crippen molar-refractivity contribution in [3.05, 3.63) is 26.5 Å². The number of halogens is 3. The van der Waals surface area contributed by atoms with Crippen molar-refractivity contribution in [2.75, 3.05) is 0 Å². The lowest BCUT2D eigenvalue weighted by Gasteiger charge is -1.98. The number of phenols is 1. The maximum atomic E-state index is 12.4. The highest BCUT2D eigenvalue weighted by molar-refractivity contribution is 14.1. The van der Waals surface area contributed by atoms with Gasteiger partial charge in [0, 0.05) is 0 Å². The van der Waals surface area contributed by atoms with E-state index in [4.69, 9.17) is 16.7 Å². The predicted octanol–water partition coefficient (Wildman–Crippen LogP) is 2.79. The molecule has 1 aromatic rings. The standard InChI is InChI=1S/C6H3ClFIO/c7-3-1-2-4(8)6(10)5(3)9/h1-2,10H. The predicted molar refractivity (Wildman–Crippen MR) is 45.8 cm³/mol. The second-order valence-electron chi connectivity index (χ2n) is 1.69. The first-order chi connectivity index (χ1) is 4.63. The summed E-state index contributed by atoms with van der Waals surface area (Å²) in [7, 11) is 0. The first-order valence-electron chi connectivity index (χ1n) is 2.45. The Morgan fingerprint density at radius 3 is 2.60 bits per heavy atom. The third-order valence-corrected chi connectivity index (χ3v) is 2.75. The maximum Gasteiger partial charge on any atom is 0.166 e. The number of hydrogen-bond acceptors (Lipinski definition) is 1. The van der Waals surface area contributed by atoms with Crippen LogP contribution in [0.25, 0.3) is 0 Å². The van der Waals surface area contributed by atoms with Crippen LogP contribution in [0.1, 0.15) is 0 Å². The lowest BCUT2D eigenvalue weighted by Crippen LogP contribution is -1.80. The van der Waals surface area contributed by atoms with Crippen molar-refractivity contribution in [1.29, 1.82) is 0 Å². The van der Waals surface area contributed by atoms with Gasteiger partial charge in [-0.15, -0.1) is 0 Å². The van der Waals surface area contributed by atoms with Crippen LogP contribution in [-0.4, -0.2) is 5.11 Å². The van der Waals surface area contributed by atoms with E-state index < -0.39 is 5.82 Å². The van der Waals surface area contributed by atoms with Gasteiger partial charge in [-0.2, -0.15) is 0 Å². The van der Waals surface area contributed by atoms with Crippen molar-refractivity contribution < 1.29 is 9.50 Å². The molecule has 0 aliphatic carbocycles. The fourth-order valence-corrected chi connectivity index (χ4v) is 1.11. The molecule has 0 aliphatic heterocycles. The van der Waals surface area contributed by atoms with Crippen LogP contribution in [0, 0.1) is 9.39 Å². The number of benzene rings is 1. The minimum absolute atomic E-state index is 0.347. The Labute approximate surface area is 76.0 Å². The van der Waals surface area contributed by atoms with Crippen LogP contribution in [0.4, 0.5) is 4.39 Å². The number of hydrogen-bond donors (Lipinski definition) is 1. The highest BCUT2D eigenvalue weighted by Gasteiger charge is 2.07. The second-order valence-corrected chi connectivity index (χ2v) is 3.18. The summed E-state index contributed by atoms with van der Waals surface area (Å²) < 4.78 is 12.8. The zero-order valence-electron chi connectivity index (χ0n) is 4.74. The van der Waals surface area contributed by atoms with E-state index in [1.165, 1.54) is 6.07 Å². The van der Waals surface area contributed by atoms with Gasteiger partial charge in [-0.1, -0.05) is 11.6 Å². The molecule has 1 aromatic carbocycles. The third-order valence-electron chi connectivity index (χ3n) is 1.02. The highest BCUT2D eigenvalue weighted by Crippen LogP contribution is 2.29. The molecule has 4 heteroatoms. The lowest BCUT2D eigenvalue weighted by atomic mass is 10.3. The molecule has 0 aromatic heterocycles. The van der Waals surface area contributed by atoms with Crippen molar-refractivity contribution in [3.63, 3.8) is 0 Å². The van der Waals surface area contributed by atoms with Crippen molar-refractivity contribution in [2.45, 2.75) is 0 Å². The summed E-state index contributed by atoms with van der Waals surface area (Å²) in [5.74, 6) is -1.03. The van der Waals surface area contributed by atoms with Crippen LogP contribution in [-0.2, 0) is 0 Å². The van der Waals surface area contributed by atoms with Gasteiger partial charge in [0.15, 0.2) is 11.6 Å². The molecule has 0 spiro atoms. The molecule has 1 nitrogen and oxygen atoms in total. The lowest BCUT2D eigenvalue weighted by molar-refractivity contribution is 0.429. The molecule has 1 rings (SSSR count). The van der Waals surface area contributed by atoms with Crippen molar-refractivity contribution in [1.82, 2.24) is 0 Å². The van der Waals surface area contributed by atoms with Crippen LogP contribution in [0.5, 0.6) is 5.75 Å². The van der Waals surface area contributed by atoms with Crippen molar-refractivity contribution in [3.8, 4) is 5.75 Å². The SMILES string of the molecule is Oc1c(F)ccc(Cl)c1I. The quantitative estimate of drug-likeness (QED) is 0.569. The Bertz CT molecular complexity index is 237. The summed E-state index contributed by atoms with van der Waals surface area (Å²) in [6.07, 6.45) is 0. The summed E-state index contributed by atoms with van der Waals surface area (Å²) >= 11 is 7.32. The number of rotatable bonds is 0. The zero-order chi connectivity index (χ0) is 7.72. The first-order valence-corrected chi connectivity index (χ1v) is 3.91. The Hall–Kier alpha value is -0.0300. The van der Waals surface area contributed by atoms with Crippen LogP contribution >= 0.6 is 34.2 Å². The monoisotopic (exact) mass is 272 g/mol. The van der Waals surface area contributed by atoms with Gasteiger partial charge in [0.2, 0.25) is 0 Å². The molecule has 0 amide bonds. The summed E-state index contributed by atoms with van der Waals surface area (Å²) in [4.78, 5) is 0. The summed E-state index contributed by atoms with van der Waals surface area (Å²) in [5.41, 5.74) is 0. The van der Waals surface area contributed by atoms with E-state index in [2.05, 4.69) is 0 Å². The van der Waals surface area contributed by atoms with Gasteiger partial charge in [0.1, 0.15) is 0 Å². The Morgan fingerprint density at radius 1 is 1.50 bits per heavy atom. The van der Waals surface area contributed by atoms with E-state index in [9.17, 15) is 4.39 Å². The second kappa shape index (κ2) is 2.92. The largest absolute Gasteiger partial charge is 0.504 e. The van der Waals surface area contributed by atoms with Gasteiger partial charge in [0.25, 0.3) is 0 Å². The van der Waals surface area contributed by atoms with Crippen molar-refractivity contribution >= 4 is 34.2 Å². The first kappa shape index (κ1) is 8.07. The van der Waals surface area contributed by atoms with Gasteiger partial charge in [-0.3, -0.25) is 0 Å². The molecule has 0 heterocycles. The summed E-state index contributed by atoms with van der Waals surface area (Å²) in [5, 5.41) is 9.28. The van der Waals surface area contributed by atoms with E-state index in [-0.39, 0.29) is 5.75 Å². The van der Waals surface area contributed by atoms with Gasteiger partial charge < -0.3 is 5.11 Å². The zero-order valence-corrected chi connectivity index (χ0v) is 7.65. The van der Waals surface area contributed by atoms with Crippen LogP contribution in [0.3, 0.4) is 0 Å². The summed E-state index contributed by atoms with van der Waals surface area (Å²) in [6, 6.07) is 2.53. The molecule has 0 atom stereocenters. The molecular formula is C6H3ClFIO. The molecule has 0 radical (unpaired) electrons. The van der Waals surface area contributed by atoms with E-state index in [0.717, 1.165) is 6.07 Å². The molecule has 0 saturated heterocycles. The van der Waals surface area contributed by atoms with E-state index in [0.29, 0.717) is 8.59 Å². The van der Waals surface area contributed by atoms with Crippen molar-refractivity contribution in [2.24, 2.45) is 0 Å². The van der Waals surface area contributed by atoms with E-state index in [1.54, 1.807) is 22.6 Å². The number of aromatic hydroxyl groups is 1. The van der Waals surface area contributed by atoms with Crippen LogP contribution < -0.4 is 0 Å². The average Bonchev–Trinajstić information content (AvgIpc) is 1.93. The molecule has 0 fully saturated rings. The molecule has 0 saturated carbocycles. The van der Waals surface area contributed by atoms with Crippen LogP contribution in [0.15, 0.2) is 12.1 Å². The molecule has 0 bridgehead atoms. The highest BCUT2D eigenvalue weighted by atomic mass is 127. The van der Waals surface area contributed by atoms with E-state index >= 15 is 0 Å². The van der Waals surface area contributed by atoms with Gasteiger partial charge >= 0.3 is 0 Å². The molecule has 1 N–H and O–H groups in total. The third kappa shape index (κ3) is 1.34. The molecule has 10 heavy (non-hydrogen) atoms. The topological polar surface area (TPSA) is 20.2 Å². The minimum Gasteiger partial charge on any atom is -0.504 e. The van der Waals surface area contributed by atoms with E-state index in [1.807, 2.05) is 0 Å². The van der Waals surface area contributed by atoms with Gasteiger partial charge in [0.05, 0.1) is 8.59 Å². The Morgan fingerprint density at radius 2 is 2.10 bits per heavy atom. The van der Waals surface area contributed by atoms with Crippen LogP contribution in [0.2, 0.25) is 5.02 Å².